The van der Waals surface area contributed by atoms with Gasteiger partial charge in [-0.25, -0.2) is 9.98 Å². The van der Waals surface area contributed by atoms with Crippen molar-refractivity contribution in [3.05, 3.63) is 88.0 Å². The van der Waals surface area contributed by atoms with E-state index in [4.69, 9.17) is 9.72 Å². The van der Waals surface area contributed by atoms with E-state index in [2.05, 4.69) is 24.0 Å². The molecule has 0 spiro atoms. The molecule has 1 aromatic heterocycles. The predicted molar refractivity (Wildman–Crippen MR) is 131 cm³/mol. The molecule has 4 rings (SSSR count). The molecule has 0 bridgehead atoms. The third-order valence-corrected chi connectivity index (χ3v) is 6.17. The van der Waals surface area contributed by atoms with Crippen LogP contribution >= 0.6 is 11.3 Å². The lowest BCUT2D eigenvalue weighted by atomic mass is 10.0. The molecule has 0 aliphatic carbocycles. The fraction of sp³-hybridized carbons (Fsp3) is 0.120. The number of nitrogens with zero attached hydrogens (tertiary/aromatic N) is 3. The van der Waals surface area contributed by atoms with Crippen LogP contribution < -0.4 is 4.74 Å². The zero-order chi connectivity index (χ0) is 23.4. The van der Waals surface area contributed by atoms with Gasteiger partial charge in [0.1, 0.15) is 0 Å². The minimum Gasteiger partial charge on any atom is -0.504 e. The molecule has 0 atom stereocenters. The predicted octanol–water partition coefficient (Wildman–Crippen LogP) is 6.41. The Kier molecular flexibility index (Phi) is 6.46. The number of phenols is 1. The number of thiazole rings is 1. The van der Waals surface area contributed by atoms with Gasteiger partial charge >= 0.3 is 0 Å². The number of hydrogen-bond donors (Lipinski definition) is 1. The molecule has 0 fully saturated rings. The van der Waals surface area contributed by atoms with Crippen molar-refractivity contribution in [2.75, 3.05) is 7.11 Å². The molecule has 0 amide bonds. The molecular formula is C25H21N3O4S. The van der Waals surface area contributed by atoms with E-state index in [-0.39, 0.29) is 11.4 Å². The number of aryl methyl sites for hydroxylation is 1. The number of phenolic OH excluding ortho intramolecular Hbond substituents is 1. The van der Waals surface area contributed by atoms with Crippen molar-refractivity contribution in [1.29, 1.82) is 0 Å². The maximum Gasteiger partial charge on any atom is 0.269 e. The van der Waals surface area contributed by atoms with E-state index in [0.717, 1.165) is 28.1 Å². The monoisotopic (exact) mass is 459 g/mol. The Hall–Kier alpha value is -4.04. The normalized spacial score (nSPS) is 11.1. The summed E-state index contributed by atoms with van der Waals surface area (Å²) in [5.41, 5.74) is 4.26. The molecule has 1 N–H and O–H groups in total. The molecule has 8 heteroatoms. The molecule has 1 heterocycles. The Bertz CT molecular complexity index is 1310. The first kappa shape index (κ1) is 22.2. The van der Waals surface area contributed by atoms with Crippen LogP contribution in [0.25, 0.3) is 21.7 Å². The van der Waals surface area contributed by atoms with Crippen LogP contribution in [0.15, 0.2) is 71.7 Å². The van der Waals surface area contributed by atoms with E-state index in [1.54, 1.807) is 36.5 Å². The Morgan fingerprint density at radius 2 is 1.79 bits per heavy atom. The molecule has 0 aliphatic rings. The molecule has 0 aliphatic heterocycles. The first-order chi connectivity index (χ1) is 16.0. The van der Waals surface area contributed by atoms with Gasteiger partial charge in [0.25, 0.3) is 5.69 Å². The lowest BCUT2D eigenvalue weighted by Gasteiger charge is -2.04. The third-order valence-electron chi connectivity index (χ3n) is 5.16. The van der Waals surface area contributed by atoms with Crippen LogP contribution in [0.4, 0.5) is 10.8 Å². The topological polar surface area (TPSA) is 97.9 Å². The summed E-state index contributed by atoms with van der Waals surface area (Å²) >= 11 is 1.37. The second kappa shape index (κ2) is 9.62. The molecule has 7 nitrogen and oxygen atoms in total. The van der Waals surface area contributed by atoms with E-state index in [1.807, 2.05) is 12.1 Å². The number of aliphatic imine (C=N–C) groups is 1. The summed E-state index contributed by atoms with van der Waals surface area (Å²) < 4.78 is 5.15. The molecule has 4 aromatic rings. The van der Waals surface area contributed by atoms with Gasteiger partial charge in [-0.2, -0.15) is 0 Å². The van der Waals surface area contributed by atoms with Crippen molar-refractivity contribution in [2.24, 2.45) is 4.99 Å². The molecule has 0 radical (unpaired) electrons. The Labute approximate surface area is 194 Å². The molecule has 0 saturated heterocycles. The molecule has 3 aromatic carbocycles. The number of para-hydroxylation sites is 1. The summed E-state index contributed by atoms with van der Waals surface area (Å²) in [5, 5.41) is 21.9. The second-order valence-electron chi connectivity index (χ2n) is 7.18. The van der Waals surface area contributed by atoms with E-state index >= 15 is 0 Å². The number of rotatable bonds is 7. The fourth-order valence-electron chi connectivity index (χ4n) is 3.32. The van der Waals surface area contributed by atoms with Crippen LogP contribution in [0.1, 0.15) is 18.1 Å². The first-order valence-corrected chi connectivity index (χ1v) is 11.1. The summed E-state index contributed by atoms with van der Waals surface area (Å²) in [4.78, 5) is 20.7. The highest BCUT2D eigenvalue weighted by Gasteiger charge is 2.16. The average Bonchev–Trinajstić information content (AvgIpc) is 3.28. The van der Waals surface area contributed by atoms with Crippen molar-refractivity contribution in [2.45, 2.75) is 13.3 Å². The summed E-state index contributed by atoms with van der Waals surface area (Å²) in [7, 11) is 1.49. The first-order valence-electron chi connectivity index (χ1n) is 10.2. The van der Waals surface area contributed by atoms with Crippen molar-refractivity contribution in [1.82, 2.24) is 4.98 Å². The maximum atomic E-state index is 11.0. The van der Waals surface area contributed by atoms with Gasteiger partial charge in [0.15, 0.2) is 11.5 Å². The highest BCUT2D eigenvalue weighted by atomic mass is 32.1. The number of ether oxygens (including phenoxy) is 1. The van der Waals surface area contributed by atoms with Gasteiger partial charge < -0.3 is 9.84 Å². The Morgan fingerprint density at radius 1 is 1.09 bits per heavy atom. The van der Waals surface area contributed by atoms with Crippen LogP contribution in [0.2, 0.25) is 0 Å². The number of non-ortho nitro benzene ring substituents is 1. The Morgan fingerprint density at radius 3 is 2.42 bits per heavy atom. The molecule has 0 saturated carbocycles. The van der Waals surface area contributed by atoms with Crippen LogP contribution in [0, 0.1) is 10.1 Å². The SMILES string of the molecule is CCc1ccc(-c2nc(N=Cc3cccc(OC)c3O)sc2-c2ccc([N+](=O)[O-])cc2)cc1. The standard InChI is InChI=1S/C25H21N3O4S/c1-3-16-7-9-17(10-8-16)22-24(18-11-13-20(14-12-18)28(30)31)33-25(27-22)26-15-19-5-4-6-21(32-2)23(19)29/h4-15,29H,3H2,1-2H3. The molecule has 33 heavy (non-hydrogen) atoms. The lowest BCUT2D eigenvalue weighted by molar-refractivity contribution is -0.384. The number of aromatic nitrogens is 1. The average molecular weight is 460 g/mol. The van der Waals surface area contributed by atoms with Crippen LogP contribution in [0.3, 0.4) is 0 Å². The Balaban J connectivity index is 1.77. The molecular weight excluding hydrogens is 438 g/mol. The van der Waals surface area contributed by atoms with E-state index in [9.17, 15) is 15.2 Å². The summed E-state index contributed by atoms with van der Waals surface area (Å²) in [6, 6.07) is 19.7. The van der Waals surface area contributed by atoms with Gasteiger partial charge in [-0.1, -0.05) is 48.6 Å². The van der Waals surface area contributed by atoms with Gasteiger partial charge in [0.05, 0.1) is 22.6 Å². The largest absolute Gasteiger partial charge is 0.504 e. The van der Waals surface area contributed by atoms with E-state index < -0.39 is 4.92 Å². The minimum absolute atomic E-state index is 0.00581. The van der Waals surface area contributed by atoms with Gasteiger partial charge in [0.2, 0.25) is 5.13 Å². The quantitative estimate of drug-likeness (QED) is 0.196. The van der Waals surface area contributed by atoms with Crippen molar-refractivity contribution in [3.63, 3.8) is 0 Å². The van der Waals surface area contributed by atoms with Crippen molar-refractivity contribution < 1.29 is 14.8 Å². The smallest absolute Gasteiger partial charge is 0.269 e. The molecule has 0 unspecified atom stereocenters. The zero-order valence-electron chi connectivity index (χ0n) is 18.1. The highest BCUT2D eigenvalue weighted by Crippen LogP contribution is 2.41. The van der Waals surface area contributed by atoms with E-state index in [1.165, 1.54) is 36.1 Å². The number of nitro benzene ring substituents is 1. The van der Waals surface area contributed by atoms with Gasteiger partial charge in [-0.3, -0.25) is 10.1 Å². The zero-order valence-corrected chi connectivity index (χ0v) is 18.9. The van der Waals surface area contributed by atoms with Crippen LogP contribution in [0.5, 0.6) is 11.5 Å². The van der Waals surface area contributed by atoms with Gasteiger partial charge in [0, 0.05) is 29.5 Å². The minimum atomic E-state index is -0.419. The summed E-state index contributed by atoms with van der Waals surface area (Å²) in [5.74, 6) is 0.368. The van der Waals surface area contributed by atoms with Gasteiger partial charge in [-0.05, 0) is 41.8 Å². The fourth-order valence-corrected chi connectivity index (χ4v) is 4.26. The number of methoxy groups -OCH3 is 1. The van der Waals surface area contributed by atoms with Crippen molar-refractivity contribution >= 4 is 28.4 Å². The third kappa shape index (κ3) is 4.75. The number of hydrogen-bond acceptors (Lipinski definition) is 7. The van der Waals surface area contributed by atoms with E-state index in [0.29, 0.717) is 16.4 Å². The second-order valence-corrected chi connectivity index (χ2v) is 8.16. The number of nitro groups is 1. The van der Waals surface area contributed by atoms with Crippen LogP contribution in [-0.4, -0.2) is 28.3 Å². The lowest BCUT2D eigenvalue weighted by Crippen LogP contribution is -1.88. The summed E-state index contributed by atoms with van der Waals surface area (Å²) in [6.07, 6.45) is 2.48. The molecule has 166 valence electrons. The number of benzene rings is 3. The highest BCUT2D eigenvalue weighted by molar-refractivity contribution is 7.19. The summed E-state index contributed by atoms with van der Waals surface area (Å²) in [6.45, 7) is 2.10. The van der Waals surface area contributed by atoms with Gasteiger partial charge in [-0.15, -0.1) is 0 Å². The van der Waals surface area contributed by atoms with Crippen LogP contribution in [-0.2, 0) is 6.42 Å². The maximum absolute atomic E-state index is 11.0. The number of aromatic hydroxyl groups is 1. The van der Waals surface area contributed by atoms with Crippen molar-refractivity contribution in [3.8, 4) is 33.2 Å².